The third kappa shape index (κ3) is 2.60. The molecule has 1 fully saturated rings. The Bertz CT molecular complexity index is 535. The van der Waals surface area contributed by atoms with E-state index in [9.17, 15) is 9.59 Å². The maximum absolute atomic E-state index is 12.1. The van der Waals surface area contributed by atoms with Gasteiger partial charge in [-0.1, -0.05) is 0 Å². The van der Waals surface area contributed by atoms with Crippen molar-refractivity contribution in [2.45, 2.75) is 26.2 Å². The van der Waals surface area contributed by atoms with Crippen LogP contribution in [0.2, 0.25) is 0 Å². The van der Waals surface area contributed by atoms with Crippen LogP contribution in [-0.4, -0.2) is 31.3 Å². The molecule has 3 rings (SSSR count). The number of rotatable bonds is 3. The average Bonchev–Trinajstić information content (AvgIpc) is 2.66. The van der Waals surface area contributed by atoms with Crippen LogP contribution in [0.5, 0.6) is 0 Å². The highest BCUT2D eigenvalue weighted by Gasteiger charge is 2.29. The largest absolute Gasteiger partial charge is 0.455 e. The molecule has 0 saturated carbocycles. The molecule has 0 radical (unpaired) electrons. The summed E-state index contributed by atoms with van der Waals surface area (Å²) in [5, 5.41) is 6.04. The molecule has 0 unspecified atom stereocenters. The van der Waals surface area contributed by atoms with Crippen LogP contribution >= 0.6 is 12.4 Å². The molecule has 1 amide bonds. The quantitative estimate of drug-likeness (QED) is 0.886. The van der Waals surface area contributed by atoms with Crippen LogP contribution in [0.25, 0.3) is 0 Å². The number of hydrogen-bond acceptors (Lipinski definition) is 4. The van der Waals surface area contributed by atoms with Crippen LogP contribution in [0, 0.1) is 12.8 Å². The van der Waals surface area contributed by atoms with Gasteiger partial charge in [-0.2, -0.15) is 0 Å². The van der Waals surface area contributed by atoms with Crippen molar-refractivity contribution >= 4 is 24.1 Å². The fourth-order valence-corrected chi connectivity index (χ4v) is 2.68. The van der Waals surface area contributed by atoms with Gasteiger partial charge in [0.2, 0.25) is 0 Å². The SMILES string of the molecule is Cc1c(C(=O)NCC2CNC2)oc2c1C(=O)CCC2.Cl. The van der Waals surface area contributed by atoms with Crippen molar-refractivity contribution in [3.8, 4) is 0 Å². The van der Waals surface area contributed by atoms with Crippen molar-refractivity contribution < 1.29 is 14.0 Å². The molecule has 0 atom stereocenters. The van der Waals surface area contributed by atoms with Gasteiger partial charge in [0.05, 0.1) is 5.56 Å². The molecular weight excluding hydrogens is 280 g/mol. The first-order valence-electron chi connectivity index (χ1n) is 6.81. The smallest absolute Gasteiger partial charge is 0.287 e. The van der Waals surface area contributed by atoms with E-state index < -0.39 is 0 Å². The first-order chi connectivity index (χ1) is 9.16. The zero-order chi connectivity index (χ0) is 13.4. The maximum atomic E-state index is 12.1. The van der Waals surface area contributed by atoms with Crippen LogP contribution in [0.3, 0.4) is 0 Å². The summed E-state index contributed by atoms with van der Waals surface area (Å²) in [4.78, 5) is 24.0. The van der Waals surface area contributed by atoms with E-state index in [-0.39, 0.29) is 24.1 Å². The summed E-state index contributed by atoms with van der Waals surface area (Å²) in [6.45, 7) is 4.36. The minimum absolute atomic E-state index is 0. The van der Waals surface area contributed by atoms with Gasteiger partial charge in [-0.15, -0.1) is 12.4 Å². The summed E-state index contributed by atoms with van der Waals surface area (Å²) in [6.07, 6.45) is 2.12. The molecule has 1 aliphatic carbocycles. The molecule has 2 aliphatic rings. The molecule has 0 aromatic carbocycles. The Balaban J connectivity index is 0.00000147. The Kier molecular flexibility index (Phi) is 4.50. The van der Waals surface area contributed by atoms with E-state index in [1.165, 1.54) is 0 Å². The van der Waals surface area contributed by atoms with E-state index in [1.807, 2.05) is 0 Å². The topological polar surface area (TPSA) is 71.3 Å². The van der Waals surface area contributed by atoms with Crippen LogP contribution in [-0.2, 0) is 6.42 Å². The normalized spacial score (nSPS) is 17.9. The van der Waals surface area contributed by atoms with E-state index in [4.69, 9.17) is 4.42 Å². The molecule has 5 nitrogen and oxygen atoms in total. The number of ketones is 1. The number of carbonyl (C=O) groups excluding carboxylic acids is 2. The highest BCUT2D eigenvalue weighted by molar-refractivity contribution is 6.03. The Labute approximate surface area is 123 Å². The Morgan fingerprint density at radius 2 is 2.15 bits per heavy atom. The number of carbonyl (C=O) groups is 2. The lowest BCUT2D eigenvalue weighted by Gasteiger charge is -2.26. The summed E-state index contributed by atoms with van der Waals surface area (Å²) >= 11 is 0. The first-order valence-corrected chi connectivity index (χ1v) is 6.81. The summed E-state index contributed by atoms with van der Waals surface area (Å²) in [5.41, 5.74) is 1.34. The summed E-state index contributed by atoms with van der Waals surface area (Å²) in [6, 6.07) is 0. The van der Waals surface area contributed by atoms with Crippen LogP contribution in [0.1, 0.15) is 45.1 Å². The number of furan rings is 1. The second-order valence-electron chi connectivity index (χ2n) is 5.37. The van der Waals surface area contributed by atoms with Gasteiger partial charge in [-0.25, -0.2) is 0 Å². The molecular formula is C14H19ClN2O3. The summed E-state index contributed by atoms with van der Waals surface area (Å²) < 4.78 is 5.60. The van der Waals surface area contributed by atoms with Gasteiger partial charge in [0.25, 0.3) is 5.91 Å². The zero-order valence-corrected chi connectivity index (χ0v) is 12.3. The predicted octanol–water partition coefficient (Wildman–Crippen LogP) is 1.48. The van der Waals surface area contributed by atoms with Gasteiger partial charge < -0.3 is 15.1 Å². The molecule has 1 aliphatic heterocycles. The van der Waals surface area contributed by atoms with E-state index in [0.29, 0.717) is 41.5 Å². The molecule has 0 spiro atoms. The maximum Gasteiger partial charge on any atom is 0.287 e. The number of nitrogens with one attached hydrogen (secondary N) is 2. The monoisotopic (exact) mass is 298 g/mol. The van der Waals surface area contributed by atoms with Gasteiger partial charge in [-0.3, -0.25) is 9.59 Å². The lowest BCUT2D eigenvalue weighted by atomic mass is 9.94. The van der Waals surface area contributed by atoms with E-state index in [2.05, 4.69) is 10.6 Å². The highest BCUT2D eigenvalue weighted by atomic mass is 35.5. The van der Waals surface area contributed by atoms with E-state index in [1.54, 1.807) is 6.92 Å². The average molecular weight is 299 g/mol. The molecule has 110 valence electrons. The summed E-state index contributed by atoms with van der Waals surface area (Å²) in [7, 11) is 0. The molecule has 2 N–H and O–H groups in total. The molecule has 0 bridgehead atoms. The highest BCUT2D eigenvalue weighted by Crippen LogP contribution is 2.29. The fourth-order valence-electron chi connectivity index (χ4n) is 2.68. The fraction of sp³-hybridized carbons (Fsp3) is 0.571. The Morgan fingerprint density at radius 1 is 1.40 bits per heavy atom. The third-order valence-corrected chi connectivity index (χ3v) is 3.93. The second-order valence-corrected chi connectivity index (χ2v) is 5.37. The molecule has 2 heterocycles. The Morgan fingerprint density at radius 3 is 2.75 bits per heavy atom. The van der Waals surface area contributed by atoms with Crippen molar-refractivity contribution in [1.29, 1.82) is 0 Å². The molecule has 1 aromatic heterocycles. The van der Waals surface area contributed by atoms with E-state index >= 15 is 0 Å². The standard InChI is InChI=1S/C14H18N2O3.ClH/c1-8-12-10(17)3-2-4-11(12)19-13(8)14(18)16-7-9-5-15-6-9;/h9,15H,2-7H2,1H3,(H,16,18);1H. The minimum atomic E-state index is -0.202. The van der Waals surface area contributed by atoms with Gasteiger partial charge in [0.1, 0.15) is 5.76 Å². The van der Waals surface area contributed by atoms with Crippen molar-refractivity contribution in [3.63, 3.8) is 0 Å². The molecule has 6 heteroatoms. The third-order valence-electron chi connectivity index (χ3n) is 3.93. The Hall–Kier alpha value is -1.33. The number of amides is 1. The number of hydrogen-bond donors (Lipinski definition) is 2. The summed E-state index contributed by atoms with van der Waals surface area (Å²) in [5.74, 6) is 1.41. The molecule has 1 aromatic rings. The van der Waals surface area contributed by atoms with Crippen molar-refractivity contribution in [1.82, 2.24) is 10.6 Å². The van der Waals surface area contributed by atoms with Gasteiger partial charge in [0.15, 0.2) is 11.5 Å². The lowest BCUT2D eigenvalue weighted by Crippen LogP contribution is -2.48. The number of fused-ring (bicyclic) bond motifs is 1. The number of halogens is 1. The van der Waals surface area contributed by atoms with Crippen LogP contribution in [0.15, 0.2) is 4.42 Å². The molecule has 1 saturated heterocycles. The van der Waals surface area contributed by atoms with Gasteiger partial charge in [-0.05, 0) is 13.3 Å². The van der Waals surface area contributed by atoms with Crippen LogP contribution < -0.4 is 10.6 Å². The van der Waals surface area contributed by atoms with Crippen molar-refractivity contribution in [3.05, 3.63) is 22.6 Å². The van der Waals surface area contributed by atoms with Crippen molar-refractivity contribution in [2.75, 3.05) is 19.6 Å². The first kappa shape index (κ1) is 15.1. The zero-order valence-electron chi connectivity index (χ0n) is 11.5. The van der Waals surface area contributed by atoms with Gasteiger partial charge in [0, 0.05) is 44.0 Å². The predicted molar refractivity (Wildman–Crippen MR) is 76.7 cm³/mol. The minimum Gasteiger partial charge on any atom is -0.455 e. The van der Waals surface area contributed by atoms with Gasteiger partial charge >= 0.3 is 0 Å². The number of aryl methyl sites for hydroxylation is 1. The lowest BCUT2D eigenvalue weighted by molar-refractivity contribution is 0.0908. The van der Waals surface area contributed by atoms with E-state index in [0.717, 1.165) is 25.9 Å². The number of Topliss-reactive ketones (excluding diaryl/α,β-unsaturated/α-hetero) is 1. The van der Waals surface area contributed by atoms with Crippen molar-refractivity contribution in [2.24, 2.45) is 5.92 Å². The second kappa shape index (κ2) is 5.97. The molecule has 20 heavy (non-hydrogen) atoms. The van der Waals surface area contributed by atoms with Crippen LogP contribution in [0.4, 0.5) is 0 Å².